The normalized spacial score (nSPS) is 9.94. The third-order valence-corrected chi connectivity index (χ3v) is 2.46. The summed E-state index contributed by atoms with van der Waals surface area (Å²) in [6, 6.07) is 5.07. The molecule has 18 heavy (non-hydrogen) atoms. The van der Waals surface area contributed by atoms with Gasteiger partial charge in [-0.25, -0.2) is 0 Å². The maximum absolute atomic E-state index is 11.8. The van der Waals surface area contributed by atoms with Crippen molar-refractivity contribution in [2.45, 2.75) is 6.42 Å². The number of carbonyl (C=O) groups is 1. The number of benzene rings is 1. The summed E-state index contributed by atoms with van der Waals surface area (Å²) >= 11 is 0. The lowest BCUT2D eigenvalue weighted by Crippen LogP contribution is -2.25. The largest absolute Gasteiger partial charge is 0.493 e. The molecule has 0 fully saturated rings. The van der Waals surface area contributed by atoms with Gasteiger partial charge < -0.3 is 19.5 Å². The number of methoxy groups -OCH3 is 3. The second-order valence-corrected chi connectivity index (χ2v) is 3.67. The van der Waals surface area contributed by atoms with E-state index in [1.807, 2.05) is 0 Å². The van der Waals surface area contributed by atoms with Crippen LogP contribution in [0.4, 0.5) is 0 Å². The number of rotatable bonds is 7. The van der Waals surface area contributed by atoms with Crippen LogP contribution in [0.3, 0.4) is 0 Å². The van der Waals surface area contributed by atoms with E-state index in [9.17, 15) is 4.79 Å². The van der Waals surface area contributed by atoms with Gasteiger partial charge in [-0.2, -0.15) is 0 Å². The minimum Gasteiger partial charge on any atom is -0.493 e. The minimum atomic E-state index is -0.132. The molecule has 1 amide bonds. The van der Waals surface area contributed by atoms with E-state index >= 15 is 0 Å². The van der Waals surface area contributed by atoms with Gasteiger partial charge in [-0.15, -0.1) is 0 Å². The van der Waals surface area contributed by atoms with E-state index in [0.717, 1.165) is 6.42 Å². The number of carbonyl (C=O) groups excluding carboxylic acids is 1. The van der Waals surface area contributed by atoms with E-state index in [-0.39, 0.29) is 5.91 Å². The fourth-order valence-electron chi connectivity index (χ4n) is 1.50. The SMILES string of the molecule is COCCCNC(=O)c1ccc(OC)c(OC)c1. The van der Waals surface area contributed by atoms with Crippen molar-refractivity contribution in [1.29, 1.82) is 0 Å². The summed E-state index contributed by atoms with van der Waals surface area (Å²) < 4.78 is 15.2. The van der Waals surface area contributed by atoms with Gasteiger partial charge in [-0.05, 0) is 24.6 Å². The molecule has 0 heterocycles. The lowest BCUT2D eigenvalue weighted by atomic mass is 10.2. The van der Waals surface area contributed by atoms with Crippen molar-refractivity contribution >= 4 is 5.91 Å². The van der Waals surface area contributed by atoms with E-state index in [2.05, 4.69) is 5.32 Å². The van der Waals surface area contributed by atoms with E-state index in [4.69, 9.17) is 14.2 Å². The first-order valence-electron chi connectivity index (χ1n) is 5.72. The lowest BCUT2D eigenvalue weighted by molar-refractivity contribution is 0.0948. The summed E-state index contributed by atoms with van der Waals surface area (Å²) in [6.45, 7) is 1.22. The molecule has 0 aliphatic heterocycles. The highest BCUT2D eigenvalue weighted by Gasteiger charge is 2.09. The fourth-order valence-corrected chi connectivity index (χ4v) is 1.50. The van der Waals surface area contributed by atoms with Crippen molar-refractivity contribution in [1.82, 2.24) is 5.32 Å². The molecular weight excluding hydrogens is 234 g/mol. The Morgan fingerprint density at radius 2 is 1.89 bits per heavy atom. The van der Waals surface area contributed by atoms with Crippen LogP contribution < -0.4 is 14.8 Å². The predicted octanol–water partition coefficient (Wildman–Crippen LogP) is 1.47. The highest BCUT2D eigenvalue weighted by Crippen LogP contribution is 2.27. The molecule has 100 valence electrons. The Kier molecular flexibility index (Phi) is 6.00. The molecule has 0 saturated heterocycles. The van der Waals surface area contributed by atoms with Crippen LogP contribution in [0.5, 0.6) is 11.5 Å². The number of hydrogen-bond acceptors (Lipinski definition) is 4. The molecule has 1 aromatic carbocycles. The molecular formula is C13H19NO4. The van der Waals surface area contributed by atoms with Gasteiger partial charge in [-0.1, -0.05) is 0 Å². The van der Waals surface area contributed by atoms with Gasteiger partial charge >= 0.3 is 0 Å². The van der Waals surface area contributed by atoms with Crippen LogP contribution in [0.25, 0.3) is 0 Å². The highest BCUT2D eigenvalue weighted by molar-refractivity contribution is 5.94. The van der Waals surface area contributed by atoms with E-state index in [1.54, 1.807) is 32.4 Å². The quantitative estimate of drug-likeness (QED) is 0.748. The summed E-state index contributed by atoms with van der Waals surface area (Å²) in [5, 5.41) is 2.81. The van der Waals surface area contributed by atoms with Crippen molar-refractivity contribution in [3.8, 4) is 11.5 Å². The van der Waals surface area contributed by atoms with Crippen LogP contribution >= 0.6 is 0 Å². The fraction of sp³-hybridized carbons (Fsp3) is 0.462. The Morgan fingerprint density at radius 1 is 1.17 bits per heavy atom. The smallest absolute Gasteiger partial charge is 0.251 e. The van der Waals surface area contributed by atoms with Crippen LogP contribution in [-0.4, -0.2) is 40.4 Å². The Hall–Kier alpha value is -1.75. The lowest BCUT2D eigenvalue weighted by Gasteiger charge is -2.09. The van der Waals surface area contributed by atoms with Crippen molar-refractivity contribution in [3.63, 3.8) is 0 Å². The Bertz CT molecular complexity index is 393. The Labute approximate surface area is 107 Å². The second-order valence-electron chi connectivity index (χ2n) is 3.67. The van der Waals surface area contributed by atoms with Gasteiger partial charge in [0, 0.05) is 25.8 Å². The summed E-state index contributed by atoms with van der Waals surface area (Å²) in [5.41, 5.74) is 0.546. The monoisotopic (exact) mass is 253 g/mol. The Morgan fingerprint density at radius 3 is 2.50 bits per heavy atom. The van der Waals surface area contributed by atoms with Crippen LogP contribution in [0.15, 0.2) is 18.2 Å². The van der Waals surface area contributed by atoms with Crippen LogP contribution in [0.2, 0.25) is 0 Å². The molecule has 0 radical (unpaired) electrons. The molecule has 0 atom stereocenters. The van der Waals surface area contributed by atoms with Crippen molar-refractivity contribution in [3.05, 3.63) is 23.8 Å². The molecule has 1 N–H and O–H groups in total. The molecule has 0 unspecified atom stereocenters. The predicted molar refractivity (Wildman–Crippen MR) is 68.4 cm³/mol. The first-order valence-corrected chi connectivity index (χ1v) is 5.72. The third-order valence-electron chi connectivity index (χ3n) is 2.46. The highest BCUT2D eigenvalue weighted by atomic mass is 16.5. The van der Waals surface area contributed by atoms with Gasteiger partial charge in [0.25, 0.3) is 5.91 Å². The second kappa shape index (κ2) is 7.55. The molecule has 5 heteroatoms. The molecule has 1 rings (SSSR count). The van der Waals surface area contributed by atoms with Gasteiger partial charge in [0.15, 0.2) is 11.5 Å². The molecule has 0 bridgehead atoms. The van der Waals surface area contributed by atoms with E-state index in [1.165, 1.54) is 7.11 Å². The van der Waals surface area contributed by atoms with Crippen LogP contribution in [0.1, 0.15) is 16.8 Å². The molecule has 0 aromatic heterocycles. The average Bonchev–Trinajstić information content (AvgIpc) is 2.42. The maximum Gasteiger partial charge on any atom is 0.251 e. The number of nitrogens with one attached hydrogen (secondary N) is 1. The van der Waals surface area contributed by atoms with Crippen LogP contribution in [0, 0.1) is 0 Å². The molecule has 0 spiro atoms. The molecule has 0 aliphatic rings. The molecule has 0 saturated carbocycles. The molecule has 5 nitrogen and oxygen atoms in total. The zero-order chi connectivity index (χ0) is 13.4. The maximum atomic E-state index is 11.8. The van der Waals surface area contributed by atoms with Gasteiger partial charge in [0.05, 0.1) is 14.2 Å². The van der Waals surface area contributed by atoms with Crippen LogP contribution in [-0.2, 0) is 4.74 Å². The molecule has 0 aliphatic carbocycles. The number of ether oxygens (including phenoxy) is 3. The molecule has 1 aromatic rings. The summed E-state index contributed by atoms with van der Waals surface area (Å²) in [4.78, 5) is 11.8. The number of hydrogen-bond donors (Lipinski definition) is 1. The topological polar surface area (TPSA) is 56.8 Å². The zero-order valence-corrected chi connectivity index (χ0v) is 11.0. The third kappa shape index (κ3) is 3.92. The van der Waals surface area contributed by atoms with Crippen molar-refractivity contribution < 1.29 is 19.0 Å². The van der Waals surface area contributed by atoms with E-state index < -0.39 is 0 Å². The van der Waals surface area contributed by atoms with Gasteiger partial charge in [-0.3, -0.25) is 4.79 Å². The first-order chi connectivity index (χ1) is 8.72. The average molecular weight is 253 g/mol. The summed E-state index contributed by atoms with van der Waals surface area (Å²) in [5.74, 6) is 1.02. The zero-order valence-electron chi connectivity index (χ0n) is 11.0. The van der Waals surface area contributed by atoms with Crippen molar-refractivity contribution in [2.75, 3.05) is 34.5 Å². The van der Waals surface area contributed by atoms with Crippen molar-refractivity contribution in [2.24, 2.45) is 0 Å². The Balaban J connectivity index is 2.62. The van der Waals surface area contributed by atoms with Gasteiger partial charge in [0.2, 0.25) is 0 Å². The van der Waals surface area contributed by atoms with E-state index in [0.29, 0.717) is 30.2 Å². The summed E-state index contributed by atoms with van der Waals surface area (Å²) in [6.07, 6.45) is 0.787. The first kappa shape index (κ1) is 14.3. The number of amides is 1. The minimum absolute atomic E-state index is 0.132. The standard InChI is InChI=1S/C13H19NO4/c1-16-8-4-7-14-13(15)10-5-6-11(17-2)12(9-10)18-3/h5-6,9H,4,7-8H2,1-3H3,(H,14,15). The van der Waals surface area contributed by atoms with Gasteiger partial charge in [0.1, 0.15) is 0 Å². The summed E-state index contributed by atoms with van der Waals surface area (Å²) in [7, 11) is 4.73.